The Bertz CT molecular complexity index is 304. The van der Waals surface area contributed by atoms with Gasteiger partial charge in [0, 0.05) is 32.6 Å². The smallest absolute Gasteiger partial charge is 0.239 e. The van der Waals surface area contributed by atoms with Crippen molar-refractivity contribution in [3.05, 3.63) is 0 Å². The fourth-order valence-corrected chi connectivity index (χ4v) is 2.12. The molecule has 1 rings (SSSR count). The Morgan fingerprint density at radius 2 is 1.88 bits per heavy atom. The van der Waals surface area contributed by atoms with E-state index in [2.05, 4.69) is 0 Å². The van der Waals surface area contributed by atoms with Crippen LogP contribution in [0.4, 0.5) is 0 Å². The molecule has 1 saturated heterocycles. The maximum Gasteiger partial charge on any atom is 0.239 e. The van der Waals surface area contributed by atoms with Crippen LogP contribution in [-0.4, -0.2) is 53.3 Å². The highest BCUT2D eigenvalue weighted by Gasteiger charge is 2.31. The van der Waals surface area contributed by atoms with E-state index in [1.807, 2.05) is 20.8 Å². The van der Waals surface area contributed by atoms with Crippen LogP contribution in [0.1, 0.15) is 27.7 Å². The summed E-state index contributed by atoms with van der Waals surface area (Å²) in [5.74, 6) is 0.205. The molecule has 1 fully saturated rings. The Hall–Kier alpha value is -1.10. The molecule has 0 aromatic carbocycles. The van der Waals surface area contributed by atoms with E-state index in [4.69, 9.17) is 5.73 Å². The second-order valence-corrected chi connectivity index (χ2v) is 5.12. The van der Waals surface area contributed by atoms with Crippen LogP contribution in [0.25, 0.3) is 0 Å². The zero-order valence-electron chi connectivity index (χ0n) is 11.1. The quantitative estimate of drug-likeness (QED) is 0.743. The van der Waals surface area contributed by atoms with E-state index in [9.17, 15) is 9.59 Å². The predicted molar refractivity (Wildman–Crippen MR) is 66.2 cm³/mol. The molecular formula is C12H23N3O2. The van der Waals surface area contributed by atoms with Gasteiger partial charge in [-0.05, 0) is 12.8 Å². The van der Waals surface area contributed by atoms with Crippen LogP contribution in [0.15, 0.2) is 0 Å². The molecule has 1 aliphatic heterocycles. The van der Waals surface area contributed by atoms with Crippen molar-refractivity contribution < 1.29 is 9.59 Å². The minimum Gasteiger partial charge on any atom is -0.338 e. The van der Waals surface area contributed by atoms with Crippen LogP contribution in [-0.2, 0) is 9.59 Å². The van der Waals surface area contributed by atoms with E-state index < -0.39 is 6.04 Å². The monoisotopic (exact) mass is 241 g/mol. The second kappa shape index (κ2) is 5.49. The second-order valence-electron chi connectivity index (χ2n) is 5.12. The maximum absolute atomic E-state index is 12.1. The summed E-state index contributed by atoms with van der Waals surface area (Å²) in [4.78, 5) is 27.0. The van der Waals surface area contributed by atoms with Gasteiger partial charge in [-0.15, -0.1) is 0 Å². The minimum atomic E-state index is -0.439. The third-order valence-electron chi connectivity index (χ3n) is 3.35. The summed E-state index contributed by atoms with van der Waals surface area (Å²) in [6, 6.07) is -0.365. The van der Waals surface area contributed by atoms with Crippen molar-refractivity contribution >= 4 is 11.8 Å². The lowest BCUT2D eigenvalue weighted by molar-refractivity contribution is -0.142. The molecule has 17 heavy (non-hydrogen) atoms. The third kappa shape index (κ3) is 3.19. The molecule has 0 saturated carbocycles. The largest absolute Gasteiger partial charge is 0.338 e. The number of amides is 2. The van der Waals surface area contributed by atoms with Gasteiger partial charge in [-0.2, -0.15) is 0 Å². The molecule has 2 amide bonds. The van der Waals surface area contributed by atoms with Crippen molar-refractivity contribution in [3.63, 3.8) is 0 Å². The van der Waals surface area contributed by atoms with Gasteiger partial charge < -0.3 is 15.5 Å². The summed E-state index contributed by atoms with van der Waals surface area (Å²) < 4.78 is 0. The van der Waals surface area contributed by atoms with Crippen LogP contribution >= 0.6 is 0 Å². The number of hydrogen-bond acceptors (Lipinski definition) is 3. The normalized spacial score (nSPS) is 22.8. The average Bonchev–Trinajstić information content (AvgIpc) is 2.26. The van der Waals surface area contributed by atoms with Crippen molar-refractivity contribution in [3.8, 4) is 0 Å². The van der Waals surface area contributed by atoms with E-state index in [1.165, 1.54) is 0 Å². The highest BCUT2D eigenvalue weighted by Crippen LogP contribution is 2.12. The van der Waals surface area contributed by atoms with Gasteiger partial charge in [-0.3, -0.25) is 9.59 Å². The fourth-order valence-electron chi connectivity index (χ4n) is 2.12. The van der Waals surface area contributed by atoms with Crippen molar-refractivity contribution in [1.82, 2.24) is 9.80 Å². The molecule has 0 aromatic rings. The van der Waals surface area contributed by atoms with E-state index in [0.717, 1.165) is 0 Å². The number of nitrogens with two attached hydrogens (primary N) is 1. The summed E-state index contributed by atoms with van der Waals surface area (Å²) in [7, 11) is 0. The summed E-state index contributed by atoms with van der Waals surface area (Å²) in [6.07, 6.45) is 0. The molecule has 0 bridgehead atoms. The third-order valence-corrected chi connectivity index (χ3v) is 3.35. The molecule has 0 radical (unpaired) electrons. The zero-order chi connectivity index (χ0) is 13.2. The van der Waals surface area contributed by atoms with Gasteiger partial charge in [-0.25, -0.2) is 0 Å². The van der Waals surface area contributed by atoms with Gasteiger partial charge in [0.15, 0.2) is 0 Å². The van der Waals surface area contributed by atoms with Crippen molar-refractivity contribution in [2.75, 3.05) is 19.6 Å². The van der Waals surface area contributed by atoms with Crippen molar-refractivity contribution in [2.45, 2.75) is 39.8 Å². The fraction of sp³-hybridized carbons (Fsp3) is 0.833. The SMILES string of the molecule is CC(=O)N1CCN(C(=O)[C@@H](N)C(C)C)C[C@@H]1C. The van der Waals surface area contributed by atoms with Crippen LogP contribution in [0, 0.1) is 5.92 Å². The average molecular weight is 241 g/mol. The van der Waals surface area contributed by atoms with E-state index >= 15 is 0 Å². The van der Waals surface area contributed by atoms with Crippen LogP contribution in [0.2, 0.25) is 0 Å². The lowest BCUT2D eigenvalue weighted by Gasteiger charge is -2.40. The molecule has 1 aliphatic rings. The Morgan fingerprint density at radius 3 is 2.29 bits per heavy atom. The Balaban J connectivity index is 2.61. The van der Waals surface area contributed by atoms with Crippen LogP contribution in [0.5, 0.6) is 0 Å². The Morgan fingerprint density at radius 1 is 1.29 bits per heavy atom. The molecule has 0 aliphatic carbocycles. The molecule has 0 spiro atoms. The summed E-state index contributed by atoms with van der Waals surface area (Å²) in [5, 5.41) is 0. The molecule has 0 aromatic heterocycles. The molecule has 5 nitrogen and oxygen atoms in total. The lowest BCUT2D eigenvalue weighted by Crippen LogP contribution is -2.58. The highest BCUT2D eigenvalue weighted by molar-refractivity contribution is 5.82. The van der Waals surface area contributed by atoms with Crippen molar-refractivity contribution in [1.29, 1.82) is 0 Å². The Kier molecular flexibility index (Phi) is 4.51. The van der Waals surface area contributed by atoms with Gasteiger partial charge >= 0.3 is 0 Å². The van der Waals surface area contributed by atoms with Crippen LogP contribution < -0.4 is 5.73 Å². The highest BCUT2D eigenvalue weighted by atomic mass is 16.2. The Labute approximate surface area is 103 Å². The maximum atomic E-state index is 12.1. The van der Waals surface area contributed by atoms with E-state index in [1.54, 1.807) is 16.7 Å². The first-order valence-electron chi connectivity index (χ1n) is 6.16. The molecule has 2 atom stereocenters. The van der Waals surface area contributed by atoms with E-state index in [-0.39, 0.29) is 23.8 Å². The first-order valence-corrected chi connectivity index (χ1v) is 6.16. The number of rotatable bonds is 2. The summed E-state index contributed by atoms with van der Waals surface area (Å²) in [5.41, 5.74) is 5.86. The summed E-state index contributed by atoms with van der Waals surface area (Å²) in [6.45, 7) is 9.18. The first-order chi connectivity index (χ1) is 7.84. The molecule has 0 unspecified atom stereocenters. The zero-order valence-corrected chi connectivity index (χ0v) is 11.1. The standard InChI is InChI=1S/C12H23N3O2/c1-8(2)11(13)12(17)14-5-6-15(10(4)16)9(3)7-14/h8-9,11H,5-7,13H2,1-4H3/t9-,11-/m0/s1. The van der Waals surface area contributed by atoms with Gasteiger partial charge in [0.1, 0.15) is 0 Å². The molecule has 1 heterocycles. The number of nitrogens with zero attached hydrogens (tertiary/aromatic N) is 2. The number of hydrogen-bond donors (Lipinski definition) is 1. The van der Waals surface area contributed by atoms with Gasteiger partial charge in [0.05, 0.1) is 6.04 Å². The lowest BCUT2D eigenvalue weighted by atomic mass is 10.0. The first kappa shape index (κ1) is 14.0. The minimum absolute atomic E-state index is 0.00458. The number of carbonyl (C=O) groups is 2. The summed E-state index contributed by atoms with van der Waals surface area (Å²) >= 11 is 0. The van der Waals surface area contributed by atoms with Gasteiger partial charge in [0.25, 0.3) is 0 Å². The molecule has 5 heteroatoms. The molecular weight excluding hydrogens is 218 g/mol. The molecule has 98 valence electrons. The number of carbonyl (C=O) groups excluding carboxylic acids is 2. The van der Waals surface area contributed by atoms with E-state index in [0.29, 0.717) is 19.6 Å². The topological polar surface area (TPSA) is 66.6 Å². The van der Waals surface area contributed by atoms with Crippen molar-refractivity contribution in [2.24, 2.45) is 11.7 Å². The predicted octanol–water partition coefficient (Wildman–Crippen LogP) is 0.0489. The van der Waals surface area contributed by atoms with Gasteiger partial charge in [-0.1, -0.05) is 13.8 Å². The van der Waals surface area contributed by atoms with Crippen LogP contribution in [0.3, 0.4) is 0 Å². The number of piperazine rings is 1. The van der Waals surface area contributed by atoms with Gasteiger partial charge in [0.2, 0.25) is 11.8 Å². The molecule has 2 N–H and O–H groups in total.